The Balaban J connectivity index is 1.74. The van der Waals surface area contributed by atoms with Gasteiger partial charge in [0.1, 0.15) is 0 Å². The van der Waals surface area contributed by atoms with E-state index in [4.69, 9.17) is 12.2 Å². The van der Waals surface area contributed by atoms with Crippen LogP contribution in [0.25, 0.3) is 0 Å². The van der Waals surface area contributed by atoms with E-state index < -0.39 is 0 Å². The van der Waals surface area contributed by atoms with Gasteiger partial charge in [-0.3, -0.25) is 4.98 Å². The van der Waals surface area contributed by atoms with E-state index in [0.29, 0.717) is 6.04 Å². The highest BCUT2D eigenvalue weighted by molar-refractivity contribution is 7.80. The van der Waals surface area contributed by atoms with Crippen LogP contribution in [0.3, 0.4) is 0 Å². The van der Waals surface area contributed by atoms with Crippen LogP contribution < -0.4 is 5.32 Å². The molecule has 1 aromatic heterocycles. The zero-order valence-corrected chi connectivity index (χ0v) is 13.9. The fourth-order valence-electron chi connectivity index (χ4n) is 2.51. The van der Waals surface area contributed by atoms with Gasteiger partial charge in [0, 0.05) is 30.7 Å². The smallest absolute Gasteiger partial charge is 0.173 e. The Labute approximate surface area is 137 Å². The van der Waals surface area contributed by atoms with Crippen molar-refractivity contribution in [2.75, 3.05) is 5.32 Å². The Kier molecular flexibility index (Phi) is 4.39. The van der Waals surface area contributed by atoms with Crippen LogP contribution in [0.4, 0.5) is 5.69 Å². The number of thiocarbonyl (C=S) groups is 1. The SMILES string of the molecule is Cc1cccc(NC(=S)N(Cc2ccncc2)C2CC2)c1C. The number of nitrogens with one attached hydrogen (secondary N) is 1. The zero-order valence-electron chi connectivity index (χ0n) is 13.0. The number of aromatic nitrogens is 1. The highest BCUT2D eigenvalue weighted by Crippen LogP contribution is 2.29. The third kappa shape index (κ3) is 3.45. The summed E-state index contributed by atoms with van der Waals surface area (Å²) < 4.78 is 0. The lowest BCUT2D eigenvalue weighted by atomic mass is 10.1. The van der Waals surface area contributed by atoms with Crippen molar-refractivity contribution in [3.8, 4) is 0 Å². The lowest BCUT2D eigenvalue weighted by molar-refractivity contribution is 0.409. The molecule has 0 aliphatic heterocycles. The van der Waals surface area contributed by atoms with Crippen molar-refractivity contribution in [3.63, 3.8) is 0 Å². The van der Waals surface area contributed by atoms with Crippen LogP contribution in [0.1, 0.15) is 29.5 Å². The quantitative estimate of drug-likeness (QED) is 0.862. The Morgan fingerprint density at radius 1 is 1.23 bits per heavy atom. The lowest BCUT2D eigenvalue weighted by Gasteiger charge is -2.26. The molecule has 3 rings (SSSR count). The van der Waals surface area contributed by atoms with Crippen molar-refractivity contribution >= 4 is 23.0 Å². The molecule has 0 spiro atoms. The summed E-state index contributed by atoms with van der Waals surface area (Å²) in [7, 11) is 0. The number of hydrogen-bond donors (Lipinski definition) is 1. The molecule has 0 unspecified atom stereocenters. The number of benzene rings is 1. The van der Waals surface area contributed by atoms with Crippen molar-refractivity contribution in [1.29, 1.82) is 0 Å². The Morgan fingerprint density at radius 3 is 2.64 bits per heavy atom. The van der Waals surface area contributed by atoms with Gasteiger partial charge in [0.15, 0.2) is 5.11 Å². The number of rotatable bonds is 4. The highest BCUT2D eigenvalue weighted by Gasteiger charge is 2.31. The summed E-state index contributed by atoms with van der Waals surface area (Å²) in [5, 5.41) is 4.25. The molecule has 0 amide bonds. The fourth-order valence-corrected chi connectivity index (χ4v) is 2.83. The van der Waals surface area contributed by atoms with E-state index in [0.717, 1.165) is 17.3 Å². The summed E-state index contributed by atoms with van der Waals surface area (Å²) in [6.45, 7) is 5.09. The van der Waals surface area contributed by atoms with E-state index >= 15 is 0 Å². The maximum atomic E-state index is 5.67. The van der Waals surface area contributed by atoms with E-state index in [1.807, 2.05) is 12.4 Å². The van der Waals surface area contributed by atoms with Crippen molar-refractivity contribution in [2.45, 2.75) is 39.3 Å². The van der Waals surface area contributed by atoms with Crippen LogP contribution in [-0.2, 0) is 6.54 Å². The third-order valence-electron chi connectivity index (χ3n) is 4.20. The van der Waals surface area contributed by atoms with Gasteiger partial charge in [-0.25, -0.2) is 0 Å². The molecule has 1 saturated carbocycles. The van der Waals surface area contributed by atoms with Gasteiger partial charge in [0.05, 0.1) is 0 Å². The summed E-state index contributed by atoms with van der Waals surface area (Å²) in [6.07, 6.45) is 6.11. The van der Waals surface area contributed by atoms with E-state index in [1.54, 1.807) is 0 Å². The Morgan fingerprint density at radius 2 is 1.95 bits per heavy atom. The van der Waals surface area contributed by atoms with Gasteiger partial charge in [-0.05, 0) is 73.8 Å². The van der Waals surface area contributed by atoms with Gasteiger partial charge in [0.2, 0.25) is 0 Å². The van der Waals surface area contributed by atoms with Gasteiger partial charge in [0.25, 0.3) is 0 Å². The topological polar surface area (TPSA) is 28.2 Å². The first-order valence-electron chi connectivity index (χ1n) is 7.68. The van der Waals surface area contributed by atoms with E-state index in [1.165, 1.54) is 29.5 Å². The van der Waals surface area contributed by atoms with Crippen molar-refractivity contribution < 1.29 is 0 Å². The van der Waals surface area contributed by atoms with E-state index in [2.05, 4.69) is 59.4 Å². The molecule has 2 aromatic rings. The molecule has 22 heavy (non-hydrogen) atoms. The predicted molar refractivity (Wildman–Crippen MR) is 94.9 cm³/mol. The molecule has 1 fully saturated rings. The fraction of sp³-hybridized carbons (Fsp3) is 0.333. The molecular weight excluding hydrogens is 290 g/mol. The largest absolute Gasteiger partial charge is 0.342 e. The second kappa shape index (κ2) is 6.44. The molecule has 1 aliphatic rings. The second-order valence-electron chi connectivity index (χ2n) is 5.89. The molecule has 1 heterocycles. The summed E-state index contributed by atoms with van der Waals surface area (Å²) in [4.78, 5) is 6.38. The molecule has 4 heteroatoms. The van der Waals surface area contributed by atoms with Crippen LogP contribution in [0, 0.1) is 13.8 Å². The molecule has 1 aliphatic carbocycles. The molecule has 0 atom stereocenters. The molecule has 3 nitrogen and oxygen atoms in total. The predicted octanol–water partition coefficient (Wildman–Crippen LogP) is 4.06. The molecule has 1 N–H and O–H groups in total. The summed E-state index contributed by atoms with van der Waals surface area (Å²) in [6, 6.07) is 11.0. The van der Waals surface area contributed by atoms with Crippen LogP contribution in [0.5, 0.6) is 0 Å². The number of aryl methyl sites for hydroxylation is 1. The molecule has 1 aromatic carbocycles. The van der Waals surface area contributed by atoms with Gasteiger partial charge in [-0.15, -0.1) is 0 Å². The average Bonchev–Trinajstić information content (AvgIpc) is 3.35. The number of nitrogens with zero attached hydrogens (tertiary/aromatic N) is 2. The van der Waals surface area contributed by atoms with Gasteiger partial charge < -0.3 is 10.2 Å². The van der Waals surface area contributed by atoms with E-state index in [-0.39, 0.29) is 0 Å². The van der Waals surface area contributed by atoms with Crippen LogP contribution in [0.2, 0.25) is 0 Å². The minimum Gasteiger partial charge on any atom is -0.342 e. The molecule has 0 bridgehead atoms. The minimum absolute atomic E-state index is 0.568. The standard InChI is InChI=1S/C18H21N3S/c1-13-4-3-5-17(14(13)2)20-18(22)21(16-6-7-16)12-15-8-10-19-11-9-15/h3-5,8-11,16H,6-7,12H2,1-2H3,(H,20,22). The zero-order chi connectivity index (χ0) is 15.5. The highest BCUT2D eigenvalue weighted by atomic mass is 32.1. The van der Waals surface area contributed by atoms with Gasteiger partial charge in [-0.2, -0.15) is 0 Å². The number of hydrogen-bond acceptors (Lipinski definition) is 2. The minimum atomic E-state index is 0.568. The van der Waals surface area contributed by atoms with Crippen LogP contribution >= 0.6 is 12.2 Å². The second-order valence-corrected chi connectivity index (χ2v) is 6.28. The van der Waals surface area contributed by atoms with E-state index in [9.17, 15) is 0 Å². The lowest BCUT2D eigenvalue weighted by Crippen LogP contribution is -2.36. The number of pyridine rings is 1. The first-order chi connectivity index (χ1) is 10.6. The normalized spacial score (nSPS) is 13.7. The van der Waals surface area contributed by atoms with Crippen molar-refractivity contribution in [3.05, 3.63) is 59.4 Å². The van der Waals surface area contributed by atoms with Crippen LogP contribution in [0.15, 0.2) is 42.7 Å². The molecule has 114 valence electrons. The van der Waals surface area contributed by atoms with Gasteiger partial charge >= 0.3 is 0 Å². The molecule has 0 saturated heterocycles. The third-order valence-corrected chi connectivity index (χ3v) is 4.53. The maximum Gasteiger partial charge on any atom is 0.173 e. The Bertz CT molecular complexity index is 665. The average molecular weight is 311 g/mol. The summed E-state index contributed by atoms with van der Waals surface area (Å²) in [5.74, 6) is 0. The summed E-state index contributed by atoms with van der Waals surface area (Å²) in [5.41, 5.74) is 4.88. The number of anilines is 1. The van der Waals surface area contributed by atoms with Crippen molar-refractivity contribution in [1.82, 2.24) is 9.88 Å². The maximum absolute atomic E-state index is 5.67. The first-order valence-corrected chi connectivity index (χ1v) is 8.08. The van der Waals surface area contributed by atoms with Gasteiger partial charge in [-0.1, -0.05) is 12.1 Å². The summed E-state index contributed by atoms with van der Waals surface area (Å²) >= 11 is 5.67. The molecular formula is C18H21N3S. The van der Waals surface area contributed by atoms with Crippen LogP contribution in [-0.4, -0.2) is 21.0 Å². The first kappa shape index (κ1) is 15.0. The Hall–Kier alpha value is -1.94. The monoisotopic (exact) mass is 311 g/mol. The van der Waals surface area contributed by atoms with Crippen molar-refractivity contribution in [2.24, 2.45) is 0 Å². The molecule has 0 radical (unpaired) electrons.